The molecule has 1 unspecified atom stereocenters. The average Bonchev–Trinajstić information content (AvgIpc) is 3.30. The number of fused-ring (bicyclic) bond motifs is 1. The third-order valence-electron chi connectivity index (χ3n) is 7.79. The molecule has 0 aliphatic carbocycles. The van der Waals surface area contributed by atoms with Crippen molar-refractivity contribution in [2.45, 2.75) is 58.7 Å². The summed E-state index contributed by atoms with van der Waals surface area (Å²) in [6.07, 6.45) is 4.15. The van der Waals surface area contributed by atoms with Crippen molar-refractivity contribution < 1.29 is 8.81 Å². The number of alkyl halides is 1. The second-order valence-corrected chi connectivity index (χ2v) is 11.2. The van der Waals surface area contributed by atoms with Crippen molar-refractivity contribution in [2.75, 3.05) is 13.1 Å². The largest absolute Gasteiger partial charge is 0.463 e. The first kappa shape index (κ1) is 25.3. The summed E-state index contributed by atoms with van der Waals surface area (Å²) in [5.41, 5.74) is 3.70. The van der Waals surface area contributed by atoms with Crippen molar-refractivity contribution in [3.63, 3.8) is 0 Å². The number of rotatable bonds is 6. The summed E-state index contributed by atoms with van der Waals surface area (Å²) in [5, 5.41) is 8.38. The van der Waals surface area contributed by atoms with Crippen LogP contribution in [0.1, 0.15) is 62.3 Å². The van der Waals surface area contributed by atoms with Gasteiger partial charge in [-0.3, -0.25) is 9.69 Å². The second-order valence-electron chi connectivity index (χ2n) is 11.2. The van der Waals surface area contributed by atoms with Crippen molar-refractivity contribution >= 4 is 11.0 Å². The number of aryl methyl sites for hydroxylation is 2. The van der Waals surface area contributed by atoms with E-state index >= 15 is 4.39 Å². The molecule has 3 heterocycles. The molecule has 1 aliphatic rings. The molecular weight excluding hydrogens is 467 g/mol. The number of nitrogens with zero attached hydrogens (tertiary/aromatic N) is 4. The van der Waals surface area contributed by atoms with Gasteiger partial charge in [-0.1, -0.05) is 51.1 Å². The fourth-order valence-electron chi connectivity index (χ4n) is 5.55. The molecule has 0 N–H and O–H groups in total. The third-order valence-corrected chi connectivity index (χ3v) is 7.79. The molecule has 0 spiro atoms. The normalized spacial score (nSPS) is 17.8. The van der Waals surface area contributed by atoms with Crippen molar-refractivity contribution in [3.05, 3.63) is 81.7 Å². The number of piperidine rings is 1. The molecule has 0 radical (unpaired) electrons. The third kappa shape index (κ3) is 4.85. The van der Waals surface area contributed by atoms with Crippen molar-refractivity contribution in [1.29, 1.82) is 0 Å². The van der Waals surface area contributed by atoms with E-state index in [0.29, 0.717) is 28.0 Å². The molecule has 0 saturated carbocycles. The minimum absolute atomic E-state index is 0.0710. The zero-order valence-corrected chi connectivity index (χ0v) is 22.3. The zero-order valence-electron chi connectivity index (χ0n) is 22.3. The number of aromatic nitrogens is 3. The van der Waals surface area contributed by atoms with E-state index in [-0.39, 0.29) is 11.3 Å². The molecule has 1 fully saturated rings. The summed E-state index contributed by atoms with van der Waals surface area (Å²) in [7, 11) is 1.73. The molecule has 0 amide bonds. The Labute approximate surface area is 217 Å². The standard InChI is InChI=1S/C30H35FN4O2/c1-19-8-7-11-35(15-19)16-21-12-20(2)27-24(13-21)26(36)25(17-37-27)22-9-6-10-23(14-22)30(3,4)28(31)29-33-32-18-34(29)5/h6,9-10,12-14,17-19,28H,7-8,11,15-16H2,1-5H3/t19-,28?/m0/s1. The number of benzene rings is 2. The van der Waals surface area contributed by atoms with Crippen LogP contribution in [0, 0.1) is 12.8 Å². The SMILES string of the molecule is Cc1cc(CN2CCC[C@H](C)C2)cc2c(=O)c(-c3cccc(C(C)(C)C(F)c4nncn4C)c3)coc12. The summed E-state index contributed by atoms with van der Waals surface area (Å²) in [6.45, 7) is 11.0. The van der Waals surface area contributed by atoms with Gasteiger partial charge in [0, 0.05) is 25.6 Å². The topological polar surface area (TPSA) is 64.2 Å². The predicted molar refractivity (Wildman–Crippen MR) is 144 cm³/mol. The monoisotopic (exact) mass is 502 g/mol. The lowest BCUT2D eigenvalue weighted by Crippen LogP contribution is -2.33. The molecule has 194 valence electrons. The van der Waals surface area contributed by atoms with E-state index in [9.17, 15) is 4.79 Å². The highest BCUT2D eigenvalue weighted by atomic mass is 19.1. The van der Waals surface area contributed by atoms with Crippen LogP contribution in [0.2, 0.25) is 0 Å². The zero-order chi connectivity index (χ0) is 26.3. The fraction of sp³-hybridized carbons (Fsp3) is 0.433. The lowest BCUT2D eigenvalue weighted by Gasteiger charge is -2.31. The van der Waals surface area contributed by atoms with Crippen molar-refractivity contribution in [3.8, 4) is 11.1 Å². The molecule has 2 aromatic heterocycles. The highest BCUT2D eigenvalue weighted by molar-refractivity contribution is 5.84. The Bertz CT molecular complexity index is 1490. The molecule has 1 aliphatic heterocycles. The summed E-state index contributed by atoms with van der Waals surface area (Å²) in [4.78, 5) is 16.2. The maximum Gasteiger partial charge on any atom is 0.200 e. The lowest BCUT2D eigenvalue weighted by molar-refractivity contribution is 0.176. The molecule has 2 atom stereocenters. The molecule has 0 bridgehead atoms. The van der Waals surface area contributed by atoms with Crippen LogP contribution in [0.5, 0.6) is 0 Å². The van der Waals surface area contributed by atoms with Crippen LogP contribution in [0.3, 0.4) is 0 Å². The van der Waals surface area contributed by atoms with E-state index in [1.165, 1.54) is 25.4 Å². The van der Waals surface area contributed by atoms with Crippen LogP contribution < -0.4 is 5.43 Å². The van der Waals surface area contributed by atoms with Gasteiger partial charge in [0.05, 0.1) is 10.9 Å². The molecule has 37 heavy (non-hydrogen) atoms. The fourth-order valence-corrected chi connectivity index (χ4v) is 5.55. The first-order valence-electron chi connectivity index (χ1n) is 13.0. The van der Waals surface area contributed by atoms with E-state index in [1.807, 2.05) is 51.1 Å². The molecular formula is C30H35FN4O2. The van der Waals surface area contributed by atoms with Gasteiger partial charge in [0.2, 0.25) is 5.43 Å². The van der Waals surface area contributed by atoms with Gasteiger partial charge in [0.15, 0.2) is 12.0 Å². The molecule has 2 aromatic carbocycles. The molecule has 7 heteroatoms. The Morgan fingerprint density at radius 3 is 2.78 bits per heavy atom. The van der Waals surface area contributed by atoms with E-state index in [4.69, 9.17) is 4.42 Å². The van der Waals surface area contributed by atoms with Gasteiger partial charge >= 0.3 is 0 Å². The Morgan fingerprint density at radius 2 is 2.05 bits per heavy atom. The summed E-state index contributed by atoms with van der Waals surface area (Å²) in [5.74, 6) is 0.966. The highest BCUT2D eigenvalue weighted by Crippen LogP contribution is 2.40. The van der Waals surface area contributed by atoms with Crippen LogP contribution >= 0.6 is 0 Å². The minimum Gasteiger partial charge on any atom is -0.463 e. The van der Waals surface area contributed by atoms with Gasteiger partial charge in [-0.05, 0) is 60.5 Å². The average molecular weight is 503 g/mol. The number of likely N-dealkylation sites (tertiary alicyclic amines) is 1. The molecule has 5 rings (SSSR count). The van der Waals surface area contributed by atoms with Crippen molar-refractivity contribution in [2.24, 2.45) is 13.0 Å². The maximum absolute atomic E-state index is 15.6. The van der Waals surface area contributed by atoms with Crippen LogP contribution in [0.4, 0.5) is 4.39 Å². The Kier molecular flexibility index (Phi) is 6.75. The smallest absolute Gasteiger partial charge is 0.200 e. The van der Waals surface area contributed by atoms with Gasteiger partial charge in [0.25, 0.3) is 0 Å². The van der Waals surface area contributed by atoms with Gasteiger partial charge in [-0.25, -0.2) is 4.39 Å². The molecule has 6 nitrogen and oxygen atoms in total. The van der Waals surface area contributed by atoms with Crippen molar-refractivity contribution in [1.82, 2.24) is 19.7 Å². The van der Waals surface area contributed by atoms with Gasteiger partial charge < -0.3 is 8.98 Å². The van der Waals surface area contributed by atoms with Gasteiger partial charge in [-0.15, -0.1) is 10.2 Å². The number of hydrogen-bond acceptors (Lipinski definition) is 5. The van der Waals surface area contributed by atoms with Crippen LogP contribution in [0.25, 0.3) is 22.1 Å². The summed E-state index contributed by atoms with van der Waals surface area (Å²) < 4.78 is 23.2. The van der Waals surface area contributed by atoms with E-state index < -0.39 is 11.6 Å². The Morgan fingerprint density at radius 1 is 1.24 bits per heavy atom. The quantitative estimate of drug-likeness (QED) is 0.318. The predicted octanol–water partition coefficient (Wildman–Crippen LogP) is 6.12. The first-order valence-corrected chi connectivity index (χ1v) is 13.0. The van der Waals surface area contributed by atoms with Crippen LogP contribution in [0.15, 0.2) is 58.2 Å². The van der Waals surface area contributed by atoms with Crippen LogP contribution in [-0.2, 0) is 19.0 Å². The molecule has 1 saturated heterocycles. The van der Waals surface area contributed by atoms with Gasteiger partial charge in [0.1, 0.15) is 18.2 Å². The first-order chi connectivity index (χ1) is 17.6. The second kappa shape index (κ2) is 9.86. The minimum atomic E-state index is -1.37. The summed E-state index contributed by atoms with van der Waals surface area (Å²) in [6, 6.07) is 11.6. The molecule has 4 aromatic rings. The lowest BCUT2D eigenvalue weighted by atomic mass is 9.79. The highest BCUT2D eigenvalue weighted by Gasteiger charge is 2.36. The van der Waals surface area contributed by atoms with E-state index in [0.717, 1.165) is 36.3 Å². The van der Waals surface area contributed by atoms with Crippen LogP contribution in [-0.4, -0.2) is 32.8 Å². The number of hydrogen-bond donors (Lipinski definition) is 0. The summed E-state index contributed by atoms with van der Waals surface area (Å²) >= 11 is 0. The Hall–Kier alpha value is -3.32. The van der Waals surface area contributed by atoms with E-state index in [1.54, 1.807) is 11.6 Å². The van der Waals surface area contributed by atoms with Gasteiger partial charge in [-0.2, -0.15) is 0 Å². The maximum atomic E-state index is 15.6. The Balaban J connectivity index is 1.51. The number of halogens is 1. The van der Waals surface area contributed by atoms with E-state index in [2.05, 4.69) is 28.1 Å².